The van der Waals surface area contributed by atoms with Crippen LogP contribution in [0.4, 0.5) is 0 Å². The zero-order chi connectivity index (χ0) is 11.9. The van der Waals surface area contributed by atoms with Gasteiger partial charge < -0.3 is 4.74 Å². The zero-order valence-corrected chi connectivity index (χ0v) is 11.7. The summed E-state index contributed by atoms with van der Waals surface area (Å²) in [5.41, 5.74) is 0.755. The summed E-state index contributed by atoms with van der Waals surface area (Å²) in [7, 11) is 0. The Hall–Kier alpha value is -0.0400. The van der Waals surface area contributed by atoms with Gasteiger partial charge in [-0.2, -0.15) is 0 Å². The maximum Gasteiger partial charge on any atom is 0.0519 e. The minimum absolute atomic E-state index is 0.377. The fourth-order valence-corrected chi connectivity index (χ4v) is 1.45. The van der Waals surface area contributed by atoms with Gasteiger partial charge in [0.15, 0.2) is 0 Å². The van der Waals surface area contributed by atoms with E-state index in [0.717, 1.165) is 13.2 Å². The van der Waals surface area contributed by atoms with E-state index < -0.39 is 0 Å². The molecule has 0 aliphatic heterocycles. The highest BCUT2D eigenvalue weighted by Gasteiger charge is 2.24. The van der Waals surface area contributed by atoms with Crippen LogP contribution in [0.3, 0.4) is 0 Å². The van der Waals surface area contributed by atoms with Crippen LogP contribution in [0.5, 0.6) is 0 Å². The van der Waals surface area contributed by atoms with Gasteiger partial charge >= 0.3 is 0 Å². The van der Waals surface area contributed by atoms with Gasteiger partial charge in [0.1, 0.15) is 0 Å². The first-order valence-electron chi connectivity index (χ1n) is 6.53. The average molecular weight is 214 g/mol. The van der Waals surface area contributed by atoms with Gasteiger partial charge in [-0.1, -0.05) is 41.5 Å². The molecule has 0 spiro atoms. The van der Waals surface area contributed by atoms with Crippen LogP contribution in [-0.2, 0) is 4.74 Å². The van der Waals surface area contributed by atoms with Gasteiger partial charge in [-0.3, -0.25) is 0 Å². The van der Waals surface area contributed by atoms with Gasteiger partial charge in [-0.25, -0.2) is 0 Å². The lowest BCUT2D eigenvalue weighted by Crippen LogP contribution is -2.27. The zero-order valence-electron chi connectivity index (χ0n) is 11.7. The van der Waals surface area contributed by atoms with Crippen LogP contribution in [0, 0.1) is 10.8 Å². The molecule has 0 saturated carbocycles. The van der Waals surface area contributed by atoms with E-state index in [1.807, 2.05) is 0 Å². The second kappa shape index (κ2) is 6.52. The second-order valence-electron chi connectivity index (χ2n) is 5.53. The third-order valence-electron chi connectivity index (χ3n) is 4.32. The standard InChI is InChI=1S/C14H30O/c1-7-13(5,8-2)11-15-12-14(6,9-3)10-4/h7-12H2,1-6H3. The van der Waals surface area contributed by atoms with Crippen LogP contribution in [-0.4, -0.2) is 13.2 Å². The predicted molar refractivity (Wildman–Crippen MR) is 68.2 cm³/mol. The summed E-state index contributed by atoms with van der Waals surface area (Å²) in [6.45, 7) is 15.5. The Morgan fingerprint density at radius 3 is 1.13 bits per heavy atom. The topological polar surface area (TPSA) is 9.23 Å². The lowest BCUT2D eigenvalue weighted by Gasteiger charge is -2.31. The molecule has 15 heavy (non-hydrogen) atoms. The molecule has 0 aromatic rings. The predicted octanol–water partition coefficient (Wildman–Crippen LogP) is 4.66. The van der Waals surface area contributed by atoms with Crippen molar-refractivity contribution < 1.29 is 4.74 Å². The first-order chi connectivity index (χ1) is 6.95. The van der Waals surface area contributed by atoms with Crippen molar-refractivity contribution in [2.24, 2.45) is 10.8 Å². The Bertz CT molecular complexity index is 137. The number of hydrogen-bond acceptors (Lipinski definition) is 1. The number of rotatable bonds is 8. The van der Waals surface area contributed by atoms with Gasteiger partial charge in [0.25, 0.3) is 0 Å². The molecular weight excluding hydrogens is 184 g/mol. The molecule has 0 atom stereocenters. The van der Waals surface area contributed by atoms with Crippen molar-refractivity contribution in [3.63, 3.8) is 0 Å². The number of hydrogen-bond donors (Lipinski definition) is 0. The Labute approximate surface area is 96.6 Å². The van der Waals surface area contributed by atoms with Crippen molar-refractivity contribution in [2.45, 2.75) is 67.2 Å². The summed E-state index contributed by atoms with van der Waals surface area (Å²) in [6.07, 6.45) is 4.83. The molecule has 0 aromatic heterocycles. The molecule has 92 valence electrons. The molecule has 0 aromatic carbocycles. The lowest BCUT2D eigenvalue weighted by atomic mass is 9.84. The van der Waals surface area contributed by atoms with Crippen LogP contribution in [0.2, 0.25) is 0 Å². The second-order valence-corrected chi connectivity index (χ2v) is 5.53. The minimum Gasteiger partial charge on any atom is -0.380 e. The van der Waals surface area contributed by atoms with E-state index in [1.165, 1.54) is 25.7 Å². The average Bonchev–Trinajstić information content (AvgIpc) is 2.28. The highest BCUT2D eigenvalue weighted by atomic mass is 16.5. The van der Waals surface area contributed by atoms with E-state index in [-0.39, 0.29) is 0 Å². The van der Waals surface area contributed by atoms with E-state index >= 15 is 0 Å². The molecule has 0 aliphatic rings. The van der Waals surface area contributed by atoms with Crippen LogP contribution < -0.4 is 0 Å². The molecule has 0 N–H and O–H groups in total. The van der Waals surface area contributed by atoms with E-state index in [2.05, 4.69) is 41.5 Å². The highest BCUT2D eigenvalue weighted by Crippen LogP contribution is 2.29. The van der Waals surface area contributed by atoms with E-state index in [1.54, 1.807) is 0 Å². The Morgan fingerprint density at radius 1 is 0.667 bits per heavy atom. The van der Waals surface area contributed by atoms with Gasteiger partial charge in [0, 0.05) is 0 Å². The molecule has 0 aliphatic carbocycles. The summed E-state index contributed by atoms with van der Waals surface area (Å²) in [6, 6.07) is 0. The summed E-state index contributed by atoms with van der Waals surface area (Å²) in [5, 5.41) is 0. The van der Waals surface area contributed by atoms with Crippen molar-refractivity contribution in [1.29, 1.82) is 0 Å². The smallest absolute Gasteiger partial charge is 0.0519 e. The Morgan fingerprint density at radius 2 is 0.933 bits per heavy atom. The molecule has 0 heterocycles. The summed E-state index contributed by atoms with van der Waals surface area (Å²) in [5.74, 6) is 0. The summed E-state index contributed by atoms with van der Waals surface area (Å²) < 4.78 is 5.93. The third-order valence-corrected chi connectivity index (χ3v) is 4.32. The fraction of sp³-hybridized carbons (Fsp3) is 1.00. The molecule has 0 bridgehead atoms. The Balaban J connectivity index is 3.96. The van der Waals surface area contributed by atoms with Crippen molar-refractivity contribution in [1.82, 2.24) is 0 Å². The van der Waals surface area contributed by atoms with Gasteiger partial charge in [0.2, 0.25) is 0 Å². The molecule has 1 nitrogen and oxygen atoms in total. The molecule has 0 saturated heterocycles. The van der Waals surface area contributed by atoms with Crippen molar-refractivity contribution >= 4 is 0 Å². The Kier molecular flexibility index (Phi) is 6.51. The summed E-state index contributed by atoms with van der Waals surface area (Å²) in [4.78, 5) is 0. The van der Waals surface area contributed by atoms with E-state index in [0.29, 0.717) is 10.8 Å². The highest BCUT2D eigenvalue weighted by molar-refractivity contribution is 4.73. The van der Waals surface area contributed by atoms with Gasteiger partial charge in [0.05, 0.1) is 13.2 Å². The van der Waals surface area contributed by atoms with Crippen LogP contribution in [0.15, 0.2) is 0 Å². The van der Waals surface area contributed by atoms with E-state index in [4.69, 9.17) is 4.74 Å². The monoisotopic (exact) mass is 214 g/mol. The van der Waals surface area contributed by atoms with Gasteiger partial charge in [-0.05, 0) is 36.5 Å². The number of ether oxygens (including phenoxy) is 1. The van der Waals surface area contributed by atoms with E-state index in [9.17, 15) is 0 Å². The molecular formula is C14H30O. The van der Waals surface area contributed by atoms with Crippen molar-refractivity contribution in [2.75, 3.05) is 13.2 Å². The summed E-state index contributed by atoms with van der Waals surface area (Å²) >= 11 is 0. The maximum atomic E-state index is 5.93. The van der Waals surface area contributed by atoms with Crippen molar-refractivity contribution in [3.05, 3.63) is 0 Å². The molecule has 0 fully saturated rings. The molecule has 0 radical (unpaired) electrons. The molecule has 0 amide bonds. The van der Waals surface area contributed by atoms with Crippen LogP contribution in [0.1, 0.15) is 67.2 Å². The van der Waals surface area contributed by atoms with Crippen LogP contribution in [0.25, 0.3) is 0 Å². The maximum absolute atomic E-state index is 5.93. The fourth-order valence-electron chi connectivity index (χ4n) is 1.45. The first kappa shape index (κ1) is 15.0. The minimum atomic E-state index is 0.377. The third kappa shape index (κ3) is 5.01. The largest absolute Gasteiger partial charge is 0.380 e. The molecule has 1 heteroatoms. The quantitative estimate of drug-likeness (QED) is 0.571. The SMILES string of the molecule is CCC(C)(CC)COCC(C)(CC)CC. The van der Waals surface area contributed by atoms with Crippen LogP contribution >= 0.6 is 0 Å². The van der Waals surface area contributed by atoms with Crippen molar-refractivity contribution in [3.8, 4) is 0 Å². The van der Waals surface area contributed by atoms with Gasteiger partial charge in [-0.15, -0.1) is 0 Å². The molecule has 0 unspecified atom stereocenters. The molecule has 0 rings (SSSR count). The normalized spacial score (nSPS) is 13.2. The lowest BCUT2D eigenvalue weighted by molar-refractivity contribution is -0.00242. The first-order valence-corrected chi connectivity index (χ1v) is 6.53.